The van der Waals surface area contributed by atoms with Gasteiger partial charge in [-0.3, -0.25) is 0 Å². The van der Waals surface area contributed by atoms with Gasteiger partial charge in [0.15, 0.2) is 0 Å². The number of nitrogen functional groups attached to an aromatic ring is 1. The predicted octanol–water partition coefficient (Wildman–Crippen LogP) is 2.59. The van der Waals surface area contributed by atoms with E-state index in [1.807, 2.05) is 24.3 Å². The fourth-order valence-electron chi connectivity index (χ4n) is 1.81. The fourth-order valence-corrected chi connectivity index (χ4v) is 1.81. The summed E-state index contributed by atoms with van der Waals surface area (Å²) in [7, 11) is 0. The highest BCUT2D eigenvalue weighted by Crippen LogP contribution is 2.35. The van der Waals surface area contributed by atoms with Gasteiger partial charge in [-0.2, -0.15) is 4.98 Å². The van der Waals surface area contributed by atoms with Crippen molar-refractivity contribution in [2.75, 3.05) is 5.73 Å². The van der Waals surface area contributed by atoms with E-state index in [-0.39, 0.29) is 0 Å². The van der Waals surface area contributed by atoms with Crippen molar-refractivity contribution in [2.24, 2.45) is 0 Å². The zero-order valence-corrected chi connectivity index (χ0v) is 8.89. The van der Waals surface area contributed by atoms with Gasteiger partial charge < -0.3 is 10.3 Å². The third kappa shape index (κ3) is 1.56. The molecule has 4 heteroatoms. The van der Waals surface area contributed by atoms with E-state index in [9.17, 15) is 0 Å². The molecule has 2 N–H and O–H groups in total. The first-order valence-electron chi connectivity index (χ1n) is 5.52. The quantitative estimate of drug-likeness (QED) is 0.782. The Balaban J connectivity index is 1.88. The minimum absolute atomic E-state index is 0.482. The van der Waals surface area contributed by atoms with E-state index in [0.29, 0.717) is 11.7 Å². The number of nitrogens with zero attached hydrogens (tertiary/aromatic N) is 2. The van der Waals surface area contributed by atoms with E-state index in [0.717, 1.165) is 17.1 Å². The zero-order valence-electron chi connectivity index (χ0n) is 8.89. The van der Waals surface area contributed by atoms with Gasteiger partial charge in [0.05, 0.1) is 0 Å². The van der Waals surface area contributed by atoms with Crippen LogP contribution in [0.25, 0.3) is 11.4 Å². The highest BCUT2D eigenvalue weighted by molar-refractivity contribution is 5.58. The van der Waals surface area contributed by atoms with E-state index < -0.39 is 0 Å². The van der Waals surface area contributed by atoms with Crippen LogP contribution in [-0.2, 0) is 0 Å². The van der Waals surface area contributed by atoms with Crippen molar-refractivity contribution in [3.05, 3.63) is 30.2 Å². The number of anilines is 1. The summed E-state index contributed by atoms with van der Waals surface area (Å²) in [5, 5.41) is 3.99. The summed E-state index contributed by atoms with van der Waals surface area (Å²) in [5.41, 5.74) is 7.31. The molecule has 0 radical (unpaired) electrons. The molecular formula is C12H13N3O. The first-order chi connectivity index (χ1) is 7.83. The van der Waals surface area contributed by atoms with E-state index in [2.05, 4.69) is 10.1 Å². The Morgan fingerprint density at radius 3 is 2.56 bits per heavy atom. The molecule has 1 saturated carbocycles. The Bertz CT molecular complexity index is 485. The van der Waals surface area contributed by atoms with Gasteiger partial charge in [0, 0.05) is 17.2 Å². The van der Waals surface area contributed by atoms with Gasteiger partial charge in [-0.25, -0.2) is 0 Å². The monoisotopic (exact) mass is 215 g/mol. The molecule has 82 valence electrons. The van der Waals surface area contributed by atoms with E-state index in [4.69, 9.17) is 10.3 Å². The molecule has 2 aromatic rings. The summed E-state index contributed by atoms with van der Waals surface area (Å²) in [5.74, 6) is 1.91. The Morgan fingerprint density at radius 2 is 1.94 bits per heavy atom. The summed E-state index contributed by atoms with van der Waals surface area (Å²) in [6.07, 6.45) is 3.61. The average molecular weight is 215 g/mol. The maximum Gasteiger partial charge on any atom is 0.230 e. The summed E-state index contributed by atoms with van der Waals surface area (Å²) in [6, 6.07) is 7.50. The molecule has 3 rings (SSSR count). The normalized spacial score (nSPS) is 16.0. The third-order valence-corrected chi connectivity index (χ3v) is 3.07. The van der Waals surface area contributed by atoms with Crippen LogP contribution in [0.3, 0.4) is 0 Å². The number of aromatic nitrogens is 2. The Hall–Kier alpha value is -1.84. The molecule has 0 bridgehead atoms. The third-order valence-electron chi connectivity index (χ3n) is 3.07. The average Bonchev–Trinajstić information content (AvgIpc) is 2.65. The molecule has 0 atom stereocenters. The SMILES string of the molecule is Nc1ccc(-c2noc(C3CCC3)n2)cc1. The fraction of sp³-hybridized carbons (Fsp3) is 0.333. The smallest absolute Gasteiger partial charge is 0.230 e. The number of hydrogen-bond acceptors (Lipinski definition) is 4. The zero-order chi connectivity index (χ0) is 11.0. The van der Waals surface area contributed by atoms with Crippen molar-refractivity contribution < 1.29 is 4.52 Å². The topological polar surface area (TPSA) is 64.9 Å². The number of nitrogens with two attached hydrogens (primary N) is 1. The molecule has 0 saturated heterocycles. The van der Waals surface area contributed by atoms with Crippen molar-refractivity contribution in [3.63, 3.8) is 0 Å². The number of hydrogen-bond donors (Lipinski definition) is 1. The van der Waals surface area contributed by atoms with Crippen LogP contribution in [0, 0.1) is 0 Å². The van der Waals surface area contributed by atoms with Crippen LogP contribution >= 0.6 is 0 Å². The predicted molar refractivity (Wildman–Crippen MR) is 60.7 cm³/mol. The summed E-state index contributed by atoms with van der Waals surface area (Å²) < 4.78 is 5.26. The molecule has 0 unspecified atom stereocenters. The summed E-state index contributed by atoms with van der Waals surface area (Å²) >= 11 is 0. The van der Waals surface area contributed by atoms with E-state index in [1.165, 1.54) is 19.3 Å². The maximum atomic E-state index is 5.62. The van der Waals surface area contributed by atoms with Crippen molar-refractivity contribution >= 4 is 5.69 Å². The molecule has 0 spiro atoms. The van der Waals surface area contributed by atoms with Crippen LogP contribution in [0.5, 0.6) is 0 Å². The lowest BCUT2D eigenvalue weighted by Crippen LogP contribution is -2.08. The van der Waals surface area contributed by atoms with E-state index >= 15 is 0 Å². The lowest BCUT2D eigenvalue weighted by molar-refractivity contribution is 0.292. The van der Waals surface area contributed by atoms with Crippen molar-refractivity contribution in [1.82, 2.24) is 10.1 Å². The second kappa shape index (κ2) is 3.63. The Kier molecular flexibility index (Phi) is 2.13. The highest BCUT2D eigenvalue weighted by Gasteiger charge is 2.25. The Morgan fingerprint density at radius 1 is 1.19 bits per heavy atom. The van der Waals surface area contributed by atoms with Gasteiger partial charge in [-0.1, -0.05) is 11.6 Å². The second-order valence-corrected chi connectivity index (χ2v) is 4.21. The molecule has 0 aliphatic heterocycles. The summed E-state index contributed by atoms with van der Waals surface area (Å²) in [4.78, 5) is 4.41. The van der Waals surface area contributed by atoms with E-state index in [1.54, 1.807) is 0 Å². The molecule has 0 amide bonds. The van der Waals surface area contributed by atoms with Crippen LogP contribution in [0.4, 0.5) is 5.69 Å². The first-order valence-corrected chi connectivity index (χ1v) is 5.52. The second-order valence-electron chi connectivity index (χ2n) is 4.21. The molecule has 4 nitrogen and oxygen atoms in total. The number of rotatable bonds is 2. The lowest BCUT2D eigenvalue weighted by Gasteiger charge is -2.20. The summed E-state index contributed by atoms with van der Waals surface area (Å²) in [6.45, 7) is 0. The van der Waals surface area contributed by atoms with Gasteiger partial charge >= 0.3 is 0 Å². The molecular weight excluding hydrogens is 202 g/mol. The van der Waals surface area contributed by atoms with Crippen LogP contribution in [-0.4, -0.2) is 10.1 Å². The minimum atomic E-state index is 0.482. The van der Waals surface area contributed by atoms with Crippen LogP contribution in [0.1, 0.15) is 31.1 Å². The van der Waals surface area contributed by atoms with Gasteiger partial charge in [-0.15, -0.1) is 0 Å². The lowest BCUT2D eigenvalue weighted by atomic mass is 9.85. The van der Waals surface area contributed by atoms with Crippen LogP contribution in [0.2, 0.25) is 0 Å². The van der Waals surface area contributed by atoms with Crippen molar-refractivity contribution in [2.45, 2.75) is 25.2 Å². The molecule has 16 heavy (non-hydrogen) atoms. The van der Waals surface area contributed by atoms with Gasteiger partial charge in [0.25, 0.3) is 0 Å². The number of benzene rings is 1. The van der Waals surface area contributed by atoms with Gasteiger partial charge in [0.2, 0.25) is 11.7 Å². The molecule has 1 aromatic heterocycles. The molecule has 1 heterocycles. The minimum Gasteiger partial charge on any atom is -0.399 e. The van der Waals surface area contributed by atoms with Crippen molar-refractivity contribution in [3.8, 4) is 11.4 Å². The first kappa shape index (κ1) is 9.39. The maximum absolute atomic E-state index is 5.62. The molecule has 1 aliphatic carbocycles. The standard InChI is InChI=1S/C12H13N3O/c13-10-6-4-8(5-7-10)11-14-12(16-15-11)9-2-1-3-9/h4-7,9H,1-3,13H2. The largest absolute Gasteiger partial charge is 0.399 e. The van der Waals surface area contributed by atoms with Crippen LogP contribution in [0.15, 0.2) is 28.8 Å². The Labute approximate surface area is 93.5 Å². The van der Waals surface area contributed by atoms with Gasteiger partial charge in [0.1, 0.15) is 0 Å². The highest BCUT2D eigenvalue weighted by atomic mass is 16.5. The molecule has 1 fully saturated rings. The van der Waals surface area contributed by atoms with Crippen molar-refractivity contribution in [1.29, 1.82) is 0 Å². The molecule has 1 aromatic carbocycles. The van der Waals surface area contributed by atoms with Crippen LogP contribution < -0.4 is 5.73 Å². The molecule has 1 aliphatic rings. The van der Waals surface area contributed by atoms with Gasteiger partial charge in [-0.05, 0) is 37.1 Å².